The number of amides is 2. The van der Waals surface area contributed by atoms with Gasteiger partial charge in [-0.05, 0) is 55.9 Å². The summed E-state index contributed by atoms with van der Waals surface area (Å²) in [6.07, 6.45) is 7.73. The molecular formula is C25H32N2O4. The molecule has 1 N–H and O–H groups in total. The number of ether oxygens (including phenoxy) is 1. The number of hydrogen-bond donors (Lipinski definition) is 1. The van der Waals surface area contributed by atoms with Crippen LogP contribution in [0.1, 0.15) is 63.4 Å². The standard InChI is InChI=1S/C25H32N2O4/c28-21-15-19(25(31-21)9-5-2-6-10-25)23(30)27-13-11-24(12-14-27)16-20(24)22(29)26-17-18-7-3-1-4-8-18/h1,3-4,7-8,19-20H,2,5-6,9-17H2,(H,26,29). The Hall–Kier alpha value is -2.37. The molecule has 4 fully saturated rings. The Morgan fingerprint density at radius 2 is 1.71 bits per heavy atom. The number of benzene rings is 1. The van der Waals surface area contributed by atoms with Gasteiger partial charge in [-0.15, -0.1) is 0 Å². The highest BCUT2D eigenvalue weighted by Gasteiger charge is 2.60. The maximum Gasteiger partial charge on any atom is 0.307 e. The van der Waals surface area contributed by atoms with Crippen LogP contribution >= 0.6 is 0 Å². The highest BCUT2D eigenvalue weighted by molar-refractivity contribution is 5.88. The molecule has 5 rings (SSSR count). The average Bonchev–Trinajstić information content (AvgIpc) is 3.40. The fourth-order valence-corrected chi connectivity index (χ4v) is 6.18. The molecule has 2 amide bonds. The van der Waals surface area contributed by atoms with Crippen LogP contribution < -0.4 is 5.32 Å². The van der Waals surface area contributed by atoms with Gasteiger partial charge in [0.25, 0.3) is 0 Å². The van der Waals surface area contributed by atoms with E-state index in [1.807, 2.05) is 35.2 Å². The first-order chi connectivity index (χ1) is 15.0. The first-order valence-corrected chi connectivity index (χ1v) is 11.8. The lowest BCUT2D eigenvalue weighted by Gasteiger charge is -2.40. The van der Waals surface area contributed by atoms with E-state index in [1.54, 1.807) is 0 Å². The molecule has 166 valence electrons. The number of piperidine rings is 1. The van der Waals surface area contributed by atoms with Crippen LogP contribution in [0.2, 0.25) is 0 Å². The van der Waals surface area contributed by atoms with Crippen molar-refractivity contribution in [2.45, 2.75) is 69.9 Å². The minimum Gasteiger partial charge on any atom is -0.458 e. The SMILES string of the molecule is O=C1CC(C(=O)N2CCC3(CC2)CC3C(=O)NCc2ccccc2)C2(CCCCC2)O1. The highest BCUT2D eigenvalue weighted by Crippen LogP contribution is 2.59. The van der Waals surface area contributed by atoms with Gasteiger partial charge in [0, 0.05) is 25.6 Å². The maximum atomic E-state index is 13.3. The van der Waals surface area contributed by atoms with Crippen molar-refractivity contribution in [1.82, 2.24) is 10.2 Å². The number of hydrogen-bond acceptors (Lipinski definition) is 4. The molecule has 0 aromatic heterocycles. The fraction of sp³-hybridized carbons (Fsp3) is 0.640. The zero-order valence-corrected chi connectivity index (χ0v) is 18.1. The van der Waals surface area contributed by atoms with Crippen molar-refractivity contribution in [2.75, 3.05) is 13.1 Å². The second-order valence-electron chi connectivity index (χ2n) is 10.0. The van der Waals surface area contributed by atoms with E-state index in [4.69, 9.17) is 4.74 Å². The van der Waals surface area contributed by atoms with Gasteiger partial charge < -0.3 is 15.0 Å². The number of rotatable bonds is 4. The summed E-state index contributed by atoms with van der Waals surface area (Å²) in [6.45, 7) is 1.93. The Kier molecular flexibility index (Phi) is 5.27. The minimum atomic E-state index is -0.555. The van der Waals surface area contributed by atoms with E-state index >= 15 is 0 Å². The Balaban J connectivity index is 1.15. The summed E-state index contributed by atoms with van der Waals surface area (Å²) in [6, 6.07) is 9.97. The molecule has 2 heterocycles. The number of nitrogens with one attached hydrogen (secondary N) is 1. The monoisotopic (exact) mass is 424 g/mol. The van der Waals surface area contributed by atoms with Crippen LogP contribution in [0.5, 0.6) is 0 Å². The number of likely N-dealkylation sites (tertiary alicyclic amines) is 1. The second-order valence-corrected chi connectivity index (χ2v) is 10.0. The van der Waals surface area contributed by atoms with Crippen LogP contribution in [0.3, 0.4) is 0 Å². The van der Waals surface area contributed by atoms with Gasteiger partial charge in [0.15, 0.2) is 0 Å². The van der Waals surface area contributed by atoms with Crippen molar-refractivity contribution in [2.24, 2.45) is 17.3 Å². The lowest BCUT2D eigenvalue weighted by Crippen LogP contribution is -2.49. The summed E-state index contributed by atoms with van der Waals surface area (Å²) in [5.41, 5.74) is 0.610. The fourth-order valence-electron chi connectivity index (χ4n) is 6.18. The van der Waals surface area contributed by atoms with Gasteiger partial charge in [0.2, 0.25) is 11.8 Å². The Labute approximate surface area is 183 Å². The zero-order chi connectivity index (χ0) is 21.5. The number of esters is 1. The molecule has 1 aromatic carbocycles. The summed E-state index contributed by atoms with van der Waals surface area (Å²) in [5.74, 6) is -0.243. The molecule has 4 aliphatic rings. The van der Waals surface area contributed by atoms with Crippen LogP contribution in [-0.4, -0.2) is 41.4 Å². The van der Waals surface area contributed by atoms with Crippen molar-refractivity contribution >= 4 is 17.8 Å². The molecule has 6 nitrogen and oxygen atoms in total. The molecule has 2 unspecified atom stereocenters. The molecular weight excluding hydrogens is 392 g/mol. The molecule has 2 spiro atoms. The Morgan fingerprint density at radius 3 is 2.42 bits per heavy atom. The van der Waals surface area contributed by atoms with Gasteiger partial charge in [-0.1, -0.05) is 36.8 Å². The van der Waals surface area contributed by atoms with E-state index in [0.717, 1.165) is 56.9 Å². The normalized spacial score (nSPS) is 28.4. The van der Waals surface area contributed by atoms with Crippen molar-refractivity contribution in [3.05, 3.63) is 35.9 Å². The maximum absolute atomic E-state index is 13.3. The third-order valence-corrected chi connectivity index (χ3v) is 8.21. The van der Waals surface area contributed by atoms with Gasteiger partial charge in [-0.2, -0.15) is 0 Å². The summed E-state index contributed by atoms with van der Waals surface area (Å²) >= 11 is 0. The first kappa shape index (κ1) is 20.5. The molecule has 2 saturated heterocycles. The number of carbonyl (C=O) groups excluding carboxylic acids is 3. The average molecular weight is 425 g/mol. The predicted molar refractivity (Wildman–Crippen MR) is 115 cm³/mol. The van der Waals surface area contributed by atoms with Crippen molar-refractivity contribution in [3.63, 3.8) is 0 Å². The summed E-state index contributed by atoms with van der Waals surface area (Å²) < 4.78 is 5.74. The topological polar surface area (TPSA) is 75.7 Å². The smallest absolute Gasteiger partial charge is 0.307 e. The van der Waals surface area contributed by atoms with E-state index in [1.165, 1.54) is 0 Å². The van der Waals surface area contributed by atoms with Gasteiger partial charge in [-0.25, -0.2) is 0 Å². The Bertz CT molecular complexity index is 854. The van der Waals surface area contributed by atoms with E-state index in [9.17, 15) is 14.4 Å². The third-order valence-electron chi connectivity index (χ3n) is 8.21. The summed E-state index contributed by atoms with van der Waals surface area (Å²) in [5, 5.41) is 3.08. The van der Waals surface area contributed by atoms with Gasteiger partial charge in [0.1, 0.15) is 5.60 Å². The largest absolute Gasteiger partial charge is 0.458 e. The first-order valence-electron chi connectivity index (χ1n) is 11.8. The quantitative estimate of drug-likeness (QED) is 0.753. The second kappa shape index (κ2) is 7.95. The molecule has 2 aliphatic carbocycles. The van der Waals surface area contributed by atoms with Crippen LogP contribution in [0.25, 0.3) is 0 Å². The summed E-state index contributed by atoms with van der Waals surface area (Å²) in [4.78, 5) is 40.0. The van der Waals surface area contributed by atoms with Crippen LogP contribution in [0.15, 0.2) is 30.3 Å². The highest BCUT2D eigenvalue weighted by atomic mass is 16.6. The zero-order valence-electron chi connectivity index (χ0n) is 18.1. The van der Waals surface area contributed by atoms with Crippen molar-refractivity contribution < 1.29 is 19.1 Å². The molecule has 6 heteroatoms. The van der Waals surface area contributed by atoms with Crippen molar-refractivity contribution in [3.8, 4) is 0 Å². The molecule has 2 aliphatic heterocycles. The number of carbonyl (C=O) groups is 3. The van der Waals surface area contributed by atoms with Crippen molar-refractivity contribution in [1.29, 1.82) is 0 Å². The molecule has 1 aromatic rings. The molecule has 31 heavy (non-hydrogen) atoms. The minimum absolute atomic E-state index is 0.0576. The van der Waals surface area contributed by atoms with Crippen LogP contribution in [-0.2, 0) is 25.7 Å². The van der Waals surface area contributed by atoms with E-state index in [-0.39, 0.29) is 41.5 Å². The van der Waals surface area contributed by atoms with E-state index in [2.05, 4.69) is 5.32 Å². The molecule has 0 radical (unpaired) electrons. The third kappa shape index (κ3) is 3.85. The lowest BCUT2D eigenvalue weighted by molar-refractivity contribution is -0.156. The van der Waals surface area contributed by atoms with E-state index in [0.29, 0.717) is 19.6 Å². The molecule has 2 saturated carbocycles. The predicted octanol–water partition coefficient (Wildman–Crippen LogP) is 3.20. The van der Waals surface area contributed by atoms with Crippen LogP contribution in [0, 0.1) is 17.3 Å². The summed E-state index contributed by atoms with van der Waals surface area (Å²) in [7, 11) is 0. The van der Waals surface area contributed by atoms with Gasteiger partial charge >= 0.3 is 5.97 Å². The van der Waals surface area contributed by atoms with E-state index < -0.39 is 5.60 Å². The Morgan fingerprint density at radius 1 is 1.00 bits per heavy atom. The lowest BCUT2D eigenvalue weighted by atomic mass is 9.75. The van der Waals surface area contributed by atoms with Gasteiger partial charge in [0.05, 0.1) is 12.3 Å². The van der Waals surface area contributed by atoms with Gasteiger partial charge in [-0.3, -0.25) is 14.4 Å². The molecule has 0 bridgehead atoms. The van der Waals surface area contributed by atoms with Crippen LogP contribution in [0.4, 0.5) is 0 Å². The number of nitrogens with zero attached hydrogens (tertiary/aromatic N) is 1. The molecule has 2 atom stereocenters.